The fourth-order valence-electron chi connectivity index (χ4n) is 6.58. The summed E-state index contributed by atoms with van der Waals surface area (Å²) in [5, 5.41) is 10.5. The van der Waals surface area contributed by atoms with Gasteiger partial charge in [-0.15, -0.1) is 6.58 Å². The molecule has 6 atom stereocenters. The summed E-state index contributed by atoms with van der Waals surface area (Å²) < 4.78 is 11.9. The van der Waals surface area contributed by atoms with E-state index >= 15 is 0 Å². The molecule has 3 aliphatic heterocycles. The Bertz CT molecular complexity index is 1030. The van der Waals surface area contributed by atoms with Crippen molar-refractivity contribution >= 4 is 17.8 Å². The minimum Gasteiger partial charge on any atom is -0.461 e. The lowest BCUT2D eigenvalue weighted by atomic mass is 9.70. The highest BCUT2D eigenvalue weighted by molar-refractivity contribution is 5.98. The Morgan fingerprint density at radius 3 is 2.68 bits per heavy atom. The average Bonchev–Trinajstić information content (AvgIpc) is 3.57. The zero-order valence-corrected chi connectivity index (χ0v) is 22.3. The van der Waals surface area contributed by atoms with Crippen LogP contribution in [0.25, 0.3) is 0 Å². The number of hydrogen-bond donors (Lipinski definition) is 1. The number of amides is 2. The molecule has 3 heterocycles. The van der Waals surface area contributed by atoms with Gasteiger partial charge in [0.2, 0.25) is 11.8 Å². The number of benzene rings is 1. The average molecular weight is 525 g/mol. The second-order valence-corrected chi connectivity index (χ2v) is 10.5. The molecule has 2 amide bonds. The number of aliphatic hydroxyl groups is 1. The van der Waals surface area contributed by atoms with Crippen molar-refractivity contribution in [3.63, 3.8) is 0 Å². The third-order valence-corrected chi connectivity index (χ3v) is 8.20. The smallest absolute Gasteiger partial charge is 0.312 e. The monoisotopic (exact) mass is 524 g/mol. The van der Waals surface area contributed by atoms with Crippen LogP contribution in [0, 0.1) is 11.8 Å². The first kappa shape index (κ1) is 28.0. The lowest BCUT2D eigenvalue weighted by Gasteiger charge is -2.39. The number of unbranched alkanes of at least 4 members (excludes halogenated alkanes) is 2. The molecule has 0 aliphatic carbocycles. The van der Waals surface area contributed by atoms with E-state index in [0.29, 0.717) is 32.4 Å². The van der Waals surface area contributed by atoms with Crippen LogP contribution in [0.5, 0.6) is 0 Å². The van der Waals surface area contributed by atoms with Crippen molar-refractivity contribution in [3.8, 4) is 0 Å². The van der Waals surface area contributed by atoms with E-state index in [4.69, 9.17) is 9.47 Å². The molecule has 1 aromatic rings. The molecule has 4 rings (SSSR count). The molecule has 3 aliphatic rings. The van der Waals surface area contributed by atoms with Crippen LogP contribution in [0.4, 0.5) is 0 Å². The Morgan fingerprint density at radius 2 is 2.03 bits per heavy atom. The van der Waals surface area contributed by atoms with Crippen molar-refractivity contribution in [2.45, 2.75) is 69.2 Å². The number of fused-ring (bicyclic) bond motifs is 1. The molecule has 8 nitrogen and oxygen atoms in total. The Morgan fingerprint density at radius 1 is 1.26 bits per heavy atom. The number of hydrogen-bond acceptors (Lipinski definition) is 6. The Balaban J connectivity index is 1.74. The first-order valence-electron chi connectivity index (χ1n) is 13.7. The van der Waals surface area contributed by atoms with Crippen LogP contribution < -0.4 is 0 Å². The van der Waals surface area contributed by atoms with Gasteiger partial charge >= 0.3 is 5.97 Å². The summed E-state index contributed by atoms with van der Waals surface area (Å²) in [4.78, 5) is 44.9. The maximum Gasteiger partial charge on any atom is 0.312 e. The normalized spacial score (nSPS) is 28.2. The number of ether oxygens (including phenoxy) is 2. The van der Waals surface area contributed by atoms with Gasteiger partial charge in [0.25, 0.3) is 0 Å². The van der Waals surface area contributed by atoms with Gasteiger partial charge in [-0.3, -0.25) is 14.4 Å². The van der Waals surface area contributed by atoms with Gasteiger partial charge in [-0.25, -0.2) is 0 Å². The van der Waals surface area contributed by atoms with E-state index in [1.807, 2.05) is 30.3 Å². The van der Waals surface area contributed by atoms with Crippen LogP contribution in [0.15, 0.2) is 55.6 Å². The van der Waals surface area contributed by atoms with Gasteiger partial charge in [0.1, 0.15) is 18.2 Å². The van der Waals surface area contributed by atoms with Crippen molar-refractivity contribution in [2.24, 2.45) is 11.8 Å². The second-order valence-electron chi connectivity index (χ2n) is 10.5. The van der Waals surface area contributed by atoms with E-state index in [2.05, 4.69) is 20.1 Å². The SMILES string of the molecule is C=CCOC(=O)[C@@H]1[C@@H]2CCC3(O2)C(C(=O)N(CC=C)CCCCC)N([C@@H](CO)Cc2ccccc2)C(=O)[C@H]13. The molecule has 3 fully saturated rings. The van der Waals surface area contributed by atoms with Crippen LogP contribution in [0.1, 0.15) is 44.6 Å². The summed E-state index contributed by atoms with van der Waals surface area (Å²) in [5.74, 6) is -2.67. The molecule has 1 aromatic carbocycles. The standard InChI is InChI=1S/C30H40N2O6/c1-4-7-11-17-31(16-5-2)28(35)26-30-15-14-23(38-30)24(29(36)37-18-6-3)25(30)27(34)32(26)22(20-33)19-21-12-9-8-10-13-21/h5-6,8-10,12-13,22-26,33H,2-4,7,11,14-20H2,1H3/t22-,23+,24-,25+,26?,30?/m1/s1. The zero-order valence-electron chi connectivity index (χ0n) is 22.3. The van der Waals surface area contributed by atoms with Gasteiger partial charge in [0.05, 0.1) is 30.6 Å². The largest absolute Gasteiger partial charge is 0.461 e. The highest BCUT2D eigenvalue weighted by Crippen LogP contribution is 2.59. The molecule has 2 bridgehead atoms. The van der Waals surface area contributed by atoms with E-state index in [1.165, 1.54) is 11.0 Å². The fraction of sp³-hybridized carbons (Fsp3) is 0.567. The lowest BCUT2D eigenvalue weighted by Crippen LogP contribution is -2.59. The Kier molecular flexibility index (Phi) is 9.05. The number of esters is 1. The van der Waals surface area contributed by atoms with E-state index in [9.17, 15) is 19.5 Å². The number of carbonyl (C=O) groups excluding carboxylic acids is 3. The number of aliphatic hydroxyl groups excluding tert-OH is 1. The van der Waals surface area contributed by atoms with Crippen molar-refractivity contribution in [2.75, 3.05) is 26.3 Å². The van der Waals surface area contributed by atoms with Crippen molar-refractivity contribution < 1.29 is 29.0 Å². The molecule has 1 spiro atoms. The summed E-state index contributed by atoms with van der Waals surface area (Å²) >= 11 is 0. The van der Waals surface area contributed by atoms with Crippen LogP contribution in [-0.2, 0) is 30.3 Å². The Hall–Kier alpha value is -2.97. The third kappa shape index (κ3) is 5.04. The maximum atomic E-state index is 14.3. The quantitative estimate of drug-likeness (QED) is 0.228. The highest BCUT2D eigenvalue weighted by Gasteiger charge is 2.75. The van der Waals surface area contributed by atoms with Gasteiger partial charge < -0.3 is 24.4 Å². The fourth-order valence-corrected chi connectivity index (χ4v) is 6.58. The first-order chi connectivity index (χ1) is 18.4. The summed E-state index contributed by atoms with van der Waals surface area (Å²) in [7, 11) is 0. The van der Waals surface area contributed by atoms with E-state index in [1.54, 1.807) is 11.0 Å². The molecular formula is C30H40N2O6. The van der Waals surface area contributed by atoms with E-state index in [-0.39, 0.29) is 25.0 Å². The van der Waals surface area contributed by atoms with Crippen molar-refractivity contribution in [3.05, 3.63) is 61.2 Å². The summed E-state index contributed by atoms with van der Waals surface area (Å²) in [6, 6.07) is 8.00. The molecule has 0 saturated carbocycles. The molecule has 8 heteroatoms. The number of likely N-dealkylation sites (tertiary alicyclic amines) is 1. The molecule has 2 unspecified atom stereocenters. The van der Waals surface area contributed by atoms with E-state index < -0.39 is 41.6 Å². The van der Waals surface area contributed by atoms with Gasteiger partial charge in [-0.1, -0.05) is 68.8 Å². The molecular weight excluding hydrogens is 484 g/mol. The van der Waals surface area contributed by atoms with Gasteiger partial charge in [0.15, 0.2) is 0 Å². The predicted molar refractivity (Wildman–Crippen MR) is 143 cm³/mol. The number of carbonyl (C=O) groups is 3. The summed E-state index contributed by atoms with van der Waals surface area (Å²) in [6.07, 6.45) is 6.96. The van der Waals surface area contributed by atoms with E-state index in [0.717, 1.165) is 24.8 Å². The molecule has 206 valence electrons. The molecule has 3 saturated heterocycles. The lowest BCUT2D eigenvalue weighted by molar-refractivity contribution is -0.155. The van der Waals surface area contributed by atoms with Crippen LogP contribution in [0.3, 0.4) is 0 Å². The molecule has 38 heavy (non-hydrogen) atoms. The summed E-state index contributed by atoms with van der Waals surface area (Å²) in [6.45, 7) is 10.2. The molecule has 0 radical (unpaired) electrons. The number of nitrogens with zero attached hydrogens (tertiary/aromatic N) is 2. The first-order valence-corrected chi connectivity index (χ1v) is 13.7. The molecule has 0 aromatic heterocycles. The van der Waals surface area contributed by atoms with Crippen molar-refractivity contribution in [1.82, 2.24) is 9.80 Å². The topological polar surface area (TPSA) is 96.4 Å². The van der Waals surface area contributed by atoms with Crippen molar-refractivity contribution in [1.29, 1.82) is 0 Å². The van der Waals surface area contributed by atoms with Gasteiger partial charge in [0, 0.05) is 13.1 Å². The van der Waals surface area contributed by atoms with Gasteiger partial charge in [-0.05, 0) is 31.2 Å². The predicted octanol–water partition coefficient (Wildman–Crippen LogP) is 2.90. The Labute approximate surface area is 225 Å². The molecule has 1 N–H and O–H groups in total. The minimum absolute atomic E-state index is 0.0415. The zero-order chi connectivity index (χ0) is 27.3. The maximum absolute atomic E-state index is 14.3. The third-order valence-electron chi connectivity index (χ3n) is 8.20. The second kappa shape index (κ2) is 12.3. The van der Waals surface area contributed by atoms with Crippen LogP contribution >= 0.6 is 0 Å². The highest BCUT2D eigenvalue weighted by atomic mass is 16.6. The number of rotatable bonds is 14. The van der Waals surface area contributed by atoms with Gasteiger partial charge in [-0.2, -0.15) is 0 Å². The minimum atomic E-state index is -1.13. The van der Waals surface area contributed by atoms with Crippen LogP contribution in [-0.4, -0.2) is 82.8 Å². The van der Waals surface area contributed by atoms with Crippen LogP contribution in [0.2, 0.25) is 0 Å². The summed E-state index contributed by atoms with van der Waals surface area (Å²) in [5.41, 5.74) is -0.191.